The molecule has 0 aliphatic carbocycles. The molecule has 0 saturated heterocycles. The van der Waals surface area contributed by atoms with E-state index in [2.05, 4.69) is 16.7 Å². The molecule has 2 N–H and O–H groups in total. The Morgan fingerprint density at radius 3 is 2.93 bits per heavy atom. The zero-order valence-corrected chi connectivity index (χ0v) is 7.71. The van der Waals surface area contributed by atoms with E-state index in [1.807, 2.05) is 0 Å². The second-order valence-electron chi connectivity index (χ2n) is 2.46. The number of rotatable bonds is 2. The van der Waals surface area contributed by atoms with Crippen molar-refractivity contribution < 1.29 is 14.0 Å². The van der Waals surface area contributed by atoms with Crippen molar-refractivity contribution in [1.29, 1.82) is 0 Å². The minimum absolute atomic E-state index is 0.139. The summed E-state index contributed by atoms with van der Waals surface area (Å²) in [5.74, 6) is 9.94. The Labute approximate surface area is 81.6 Å². The van der Waals surface area contributed by atoms with Crippen molar-refractivity contribution in [2.45, 2.75) is 0 Å². The van der Waals surface area contributed by atoms with Crippen LogP contribution in [0.5, 0.6) is 5.75 Å². The molecule has 0 bridgehead atoms. The summed E-state index contributed by atoms with van der Waals surface area (Å²) in [4.78, 5) is 4.26. The third-order valence-corrected chi connectivity index (χ3v) is 1.54. The highest BCUT2D eigenvalue weighted by Gasteiger charge is 2.00. The normalized spacial score (nSPS) is 9.07. The number of halogens is 1. The van der Waals surface area contributed by atoms with Crippen LogP contribution in [0.2, 0.25) is 0 Å². The van der Waals surface area contributed by atoms with Crippen molar-refractivity contribution in [2.24, 2.45) is 5.90 Å². The molecule has 1 aromatic carbocycles. The molecule has 0 amide bonds. The van der Waals surface area contributed by atoms with Crippen LogP contribution in [0.4, 0.5) is 4.39 Å². The van der Waals surface area contributed by atoms with Gasteiger partial charge in [0.05, 0.1) is 7.11 Å². The molecule has 14 heavy (non-hydrogen) atoms. The standard InChI is InChI=1S/C10H10FNO2/c1-13-10-7-8(3-2-6-14-12)4-5-9(10)11/h4-5,7H,6,12H2,1H3. The molecule has 0 saturated carbocycles. The van der Waals surface area contributed by atoms with E-state index in [1.165, 1.54) is 19.2 Å². The fourth-order valence-corrected chi connectivity index (χ4v) is 0.917. The van der Waals surface area contributed by atoms with Crippen LogP contribution in [0.25, 0.3) is 0 Å². The lowest BCUT2D eigenvalue weighted by Crippen LogP contribution is -1.97. The summed E-state index contributed by atoms with van der Waals surface area (Å²) in [6.07, 6.45) is 0. The van der Waals surface area contributed by atoms with Crippen LogP contribution in [0.15, 0.2) is 18.2 Å². The predicted octanol–water partition coefficient (Wildman–Crippen LogP) is 1.08. The Hall–Kier alpha value is -1.57. The number of ether oxygens (including phenoxy) is 1. The van der Waals surface area contributed by atoms with Crippen LogP contribution in [0.3, 0.4) is 0 Å². The molecule has 4 heteroatoms. The summed E-state index contributed by atoms with van der Waals surface area (Å²) in [6.45, 7) is 0.139. The molecule has 0 radical (unpaired) electrons. The van der Waals surface area contributed by atoms with Crippen LogP contribution < -0.4 is 10.6 Å². The van der Waals surface area contributed by atoms with Gasteiger partial charge in [0.25, 0.3) is 0 Å². The van der Waals surface area contributed by atoms with Crippen molar-refractivity contribution >= 4 is 0 Å². The SMILES string of the molecule is COc1cc(C#CCON)ccc1F. The fourth-order valence-electron chi connectivity index (χ4n) is 0.917. The van der Waals surface area contributed by atoms with Gasteiger partial charge in [-0.1, -0.05) is 11.8 Å². The van der Waals surface area contributed by atoms with Gasteiger partial charge in [0.1, 0.15) is 6.61 Å². The van der Waals surface area contributed by atoms with Crippen LogP contribution in [-0.2, 0) is 4.84 Å². The highest BCUT2D eigenvalue weighted by Crippen LogP contribution is 2.17. The highest BCUT2D eigenvalue weighted by atomic mass is 19.1. The number of benzene rings is 1. The first-order valence-electron chi connectivity index (χ1n) is 3.92. The monoisotopic (exact) mass is 195 g/mol. The summed E-state index contributed by atoms with van der Waals surface area (Å²) in [7, 11) is 1.40. The second-order valence-corrected chi connectivity index (χ2v) is 2.46. The van der Waals surface area contributed by atoms with Gasteiger partial charge >= 0.3 is 0 Å². The third kappa shape index (κ3) is 2.73. The molecule has 74 valence electrons. The Morgan fingerprint density at radius 1 is 1.50 bits per heavy atom. The number of nitrogens with two attached hydrogens (primary N) is 1. The molecular weight excluding hydrogens is 185 g/mol. The first-order chi connectivity index (χ1) is 6.77. The van der Waals surface area contributed by atoms with E-state index < -0.39 is 5.82 Å². The quantitative estimate of drug-likeness (QED) is 0.567. The topological polar surface area (TPSA) is 44.5 Å². The molecule has 1 aromatic rings. The van der Waals surface area contributed by atoms with Crippen LogP contribution in [0, 0.1) is 17.7 Å². The zero-order valence-electron chi connectivity index (χ0n) is 7.71. The van der Waals surface area contributed by atoms with Gasteiger partial charge < -0.3 is 4.74 Å². The van der Waals surface area contributed by atoms with Gasteiger partial charge in [-0.25, -0.2) is 10.3 Å². The minimum Gasteiger partial charge on any atom is -0.494 e. The van der Waals surface area contributed by atoms with E-state index in [9.17, 15) is 4.39 Å². The largest absolute Gasteiger partial charge is 0.494 e. The van der Waals surface area contributed by atoms with E-state index in [4.69, 9.17) is 10.6 Å². The maximum absolute atomic E-state index is 12.9. The molecule has 0 aliphatic heterocycles. The molecule has 1 rings (SSSR count). The Balaban J connectivity index is 2.86. The predicted molar refractivity (Wildman–Crippen MR) is 50.0 cm³/mol. The lowest BCUT2D eigenvalue weighted by Gasteiger charge is -2.00. The van der Waals surface area contributed by atoms with E-state index in [0.29, 0.717) is 5.56 Å². The lowest BCUT2D eigenvalue weighted by atomic mass is 10.2. The molecule has 3 nitrogen and oxygen atoms in total. The molecule has 0 heterocycles. The first kappa shape index (κ1) is 10.5. The molecule has 0 atom stereocenters. The van der Waals surface area contributed by atoms with Crippen molar-refractivity contribution in [1.82, 2.24) is 0 Å². The average molecular weight is 195 g/mol. The van der Waals surface area contributed by atoms with E-state index in [1.54, 1.807) is 6.07 Å². The molecule has 0 fully saturated rings. The smallest absolute Gasteiger partial charge is 0.165 e. The van der Waals surface area contributed by atoms with Crippen molar-refractivity contribution in [3.05, 3.63) is 29.6 Å². The lowest BCUT2D eigenvalue weighted by molar-refractivity contribution is 0.173. The van der Waals surface area contributed by atoms with Gasteiger partial charge in [-0.05, 0) is 18.2 Å². The number of hydrogen-bond acceptors (Lipinski definition) is 3. The summed E-state index contributed by atoms with van der Waals surface area (Å²) in [6, 6.07) is 4.37. The van der Waals surface area contributed by atoms with Crippen molar-refractivity contribution in [3.63, 3.8) is 0 Å². The van der Waals surface area contributed by atoms with Crippen LogP contribution in [-0.4, -0.2) is 13.7 Å². The Kier molecular flexibility index (Phi) is 3.92. The number of methoxy groups -OCH3 is 1. The zero-order chi connectivity index (χ0) is 10.4. The fraction of sp³-hybridized carbons (Fsp3) is 0.200. The van der Waals surface area contributed by atoms with Crippen molar-refractivity contribution in [2.75, 3.05) is 13.7 Å². The summed E-state index contributed by atoms with van der Waals surface area (Å²) >= 11 is 0. The maximum atomic E-state index is 12.9. The van der Waals surface area contributed by atoms with Gasteiger partial charge in [0.2, 0.25) is 0 Å². The van der Waals surface area contributed by atoms with Gasteiger partial charge in [-0.2, -0.15) is 0 Å². The number of hydrogen-bond donors (Lipinski definition) is 1. The van der Waals surface area contributed by atoms with Crippen molar-refractivity contribution in [3.8, 4) is 17.6 Å². The Morgan fingerprint density at radius 2 is 2.29 bits per heavy atom. The van der Waals surface area contributed by atoms with Gasteiger partial charge in [-0.15, -0.1) is 0 Å². The molecule has 0 spiro atoms. The van der Waals surface area contributed by atoms with Gasteiger partial charge in [-0.3, -0.25) is 4.84 Å². The van der Waals surface area contributed by atoms with E-state index in [-0.39, 0.29) is 12.4 Å². The summed E-state index contributed by atoms with van der Waals surface area (Å²) in [5, 5.41) is 0. The van der Waals surface area contributed by atoms with E-state index in [0.717, 1.165) is 0 Å². The molecule has 0 aromatic heterocycles. The van der Waals surface area contributed by atoms with Gasteiger partial charge in [0.15, 0.2) is 11.6 Å². The summed E-state index contributed by atoms with van der Waals surface area (Å²) in [5.41, 5.74) is 0.653. The molecule has 0 unspecified atom stereocenters. The average Bonchev–Trinajstić information content (AvgIpc) is 2.21. The van der Waals surface area contributed by atoms with E-state index >= 15 is 0 Å². The second kappa shape index (κ2) is 5.22. The molecule has 0 aliphatic rings. The maximum Gasteiger partial charge on any atom is 0.165 e. The molecular formula is C10H10FNO2. The summed E-state index contributed by atoms with van der Waals surface area (Å²) < 4.78 is 17.7. The highest BCUT2D eigenvalue weighted by molar-refractivity contribution is 5.40. The first-order valence-corrected chi connectivity index (χ1v) is 3.92. The van der Waals surface area contributed by atoms with Crippen LogP contribution in [0.1, 0.15) is 5.56 Å². The van der Waals surface area contributed by atoms with Crippen LogP contribution >= 0.6 is 0 Å². The Bertz CT molecular complexity index is 368. The third-order valence-electron chi connectivity index (χ3n) is 1.54. The minimum atomic E-state index is -0.409. The van der Waals surface area contributed by atoms with Gasteiger partial charge in [0, 0.05) is 5.56 Å².